The Labute approximate surface area is 70.2 Å². The van der Waals surface area contributed by atoms with Gasteiger partial charge in [0.15, 0.2) is 0 Å². The smallest absolute Gasteiger partial charge is 0.137 e. The Bertz CT molecular complexity index is 341. The van der Waals surface area contributed by atoms with E-state index < -0.39 is 0 Å². The third-order valence-electron chi connectivity index (χ3n) is 1.69. The molecular weight excluding hydrogens is 157 g/mol. The summed E-state index contributed by atoms with van der Waals surface area (Å²) in [6.07, 6.45) is 0. The van der Waals surface area contributed by atoms with E-state index in [1.165, 1.54) is 19.2 Å². The molecular formula is C9H8FNO. The second kappa shape index (κ2) is 3.22. The Morgan fingerprint density at radius 3 is 2.67 bits per heavy atom. The predicted molar refractivity (Wildman–Crippen MR) is 42.4 cm³/mol. The van der Waals surface area contributed by atoms with Gasteiger partial charge in [-0.05, 0) is 19.1 Å². The van der Waals surface area contributed by atoms with E-state index in [1.54, 1.807) is 6.92 Å². The van der Waals surface area contributed by atoms with Crippen LogP contribution in [0.3, 0.4) is 0 Å². The van der Waals surface area contributed by atoms with Crippen molar-refractivity contribution in [1.29, 1.82) is 5.26 Å². The standard InChI is InChI=1S/C9H8FNO/c1-6-7(5-11)9(12-2)4-3-8(6)10/h3-4H,1-2H3. The summed E-state index contributed by atoms with van der Waals surface area (Å²) < 4.78 is 17.8. The molecule has 0 aliphatic rings. The van der Waals surface area contributed by atoms with Crippen molar-refractivity contribution in [3.05, 3.63) is 29.1 Å². The lowest BCUT2D eigenvalue weighted by molar-refractivity contribution is 0.411. The Kier molecular flexibility index (Phi) is 2.29. The normalized spacial score (nSPS) is 9.17. The Morgan fingerprint density at radius 2 is 2.17 bits per heavy atom. The molecule has 0 bridgehead atoms. The number of rotatable bonds is 1. The summed E-state index contributed by atoms with van der Waals surface area (Å²) in [6, 6.07) is 4.62. The zero-order chi connectivity index (χ0) is 9.14. The summed E-state index contributed by atoms with van der Waals surface area (Å²) in [5.74, 6) is 0.0313. The van der Waals surface area contributed by atoms with E-state index in [4.69, 9.17) is 10.00 Å². The maximum Gasteiger partial charge on any atom is 0.137 e. The van der Waals surface area contributed by atoms with Gasteiger partial charge < -0.3 is 4.74 Å². The number of nitriles is 1. The molecule has 0 unspecified atom stereocenters. The molecule has 0 atom stereocenters. The molecule has 0 fully saturated rings. The zero-order valence-corrected chi connectivity index (χ0v) is 6.89. The van der Waals surface area contributed by atoms with Crippen LogP contribution in [0.15, 0.2) is 12.1 Å². The van der Waals surface area contributed by atoms with Gasteiger partial charge in [0, 0.05) is 5.56 Å². The van der Waals surface area contributed by atoms with Crippen molar-refractivity contribution >= 4 is 0 Å². The first kappa shape index (κ1) is 8.54. The highest BCUT2D eigenvalue weighted by atomic mass is 19.1. The Hall–Kier alpha value is -1.56. The van der Waals surface area contributed by atoms with E-state index in [0.29, 0.717) is 11.3 Å². The topological polar surface area (TPSA) is 33.0 Å². The van der Waals surface area contributed by atoms with Crippen molar-refractivity contribution in [1.82, 2.24) is 0 Å². The molecule has 62 valence electrons. The fraction of sp³-hybridized carbons (Fsp3) is 0.222. The van der Waals surface area contributed by atoms with Gasteiger partial charge in [-0.25, -0.2) is 4.39 Å². The lowest BCUT2D eigenvalue weighted by Crippen LogP contribution is -1.93. The van der Waals surface area contributed by atoms with E-state index in [2.05, 4.69) is 0 Å². The number of methoxy groups -OCH3 is 1. The first-order valence-electron chi connectivity index (χ1n) is 3.44. The largest absolute Gasteiger partial charge is 0.495 e. The molecule has 0 saturated carbocycles. The van der Waals surface area contributed by atoms with Crippen LogP contribution in [0.1, 0.15) is 11.1 Å². The number of hydrogen-bond acceptors (Lipinski definition) is 2. The van der Waals surface area contributed by atoms with Crippen molar-refractivity contribution < 1.29 is 9.13 Å². The van der Waals surface area contributed by atoms with Crippen LogP contribution < -0.4 is 4.74 Å². The van der Waals surface area contributed by atoms with Gasteiger partial charge in [-0.3, -0.25) is 0 Å². The minimum Gasteiger partial charge on any atom is -0.495 e. The average Bonchev–Trinajstić information content (AvgIpc) is 2.09. The first-order chi connectivity index (χ1) is 5.70. The predicted octanol–water partition coefficient (Wildman–Crippen LogP) is 2.01. The van der Waals surface area contributed by atoms with Crippen molar-refractivity contribution in [3.8, 4) is 11.8 Å². The quantitative estimate of drug-likeness (QED) is 0.637. The van der Waals surface area contributed by atoms with Gasteiger partial charge in [0.2, 0.25) is 0 Å². The fourth-order valence-corrected chi connectivity index (χ4v) is 0.970. The van der Waals surface area contributed by atoms with Crippen LogP contribution in [-0.2, 0) is 0 Å². The maximum atomic E-state index is 12.9. The molecule has 2 nitrogen and oxygen atoms in total. The monoisotopic (exact) mass is 165 g/mol. The number of benzene rings is 1. The van der Waals surface area contributed by atoms with Gasteiger partial charge in [-0.15, -0.1) is 0 Å². The Morgan fingerprint density at radius 1 is 1.50 bits per heavy atom. The summed E-state index contributed by atoms with van der Waals surface area (Å²) in [6.45, 7) is 1.55. The fourth-order valence-electron chi connectivity index (χ4n) is 0.970. The molecule has 0 spiro atoms. The molecule has 0 aromatic heterocycles. The van der Waals surface area contributed by atoms with E-state index in [1.807, 2.05) is 6.07 Å². The average molecular weight is 165 g/mol. The second-order valence-corrected chi connectivity index (χ2v) is 2.36. The van der Waals surface area contributed by atoms with Gasteiger partial charge in [0.1, 0.15) is 17.6 Å². The highest BCUT2D eigenvalue weighted by Gasteiger charge is 2.08. The minimum atomic E-state index is -0.382. The molecule has 0 aliphatic heterocycles. The summed E-state index contributed by atoms with van der Waals surface area (Å²) in [4.78, 5) is 0. The van der Waals surface area contributed by atoms with Crippen LogP contribution >= 0.6 is 0 Å². The zero-order valence-electron chi connectivity index (χ0n) is 6.89. The summed E-state index contributed by atoms with van der Waals surface area (Å²) >= 11 is 0. The van der Waals surface area contributed by atoms with Crippen LogP contribution in [0.5, 0.6) is 5.75 Å². The first-order valence-corrected chi connectivity index (χ1v) is 3.44. The van der Waals surface area contributed by atoms with Gasteiger partial charge in [0.25, 0.3) is 0 Å². The molecule has 0 amide bonds. The van der Waals surface area contributed by atoms with Crippen LogP contribution in [-0.4, -0.2) is 7.11 Å². The van der Waals surface area contributed by atoms with E-state index in [9.17, 15) is 4.39 Å². The van der Waals surface area contributed by atoms with Crippen molar-refractivity contribution in [2.75, 3.05) is 7.11 Å². The highest BCUT2D eigenvalue weighted by molar-refractivity contribution is 5.48. The molecule has 1 aromatic carbocycles. The third kappa shape index (κ3) is 1.24. The summed E-state index contributed by atoms with van der Waals surface area (Å²) in [5, 5.41) is 8.66. The van der Waals surface area contributed by atoms with Crippen LogP contribution in [0.25, 0.3) is 0 Å². The SMILES string of the molecule is COc1ccc(F)c(C)c1C#N. The number of nitrogens with zero attached hydrogens (tertiary/aromatic N) is 1. The van der Waals surface area contributed by atoms with Crippen molar-refractivity contribution in [2.24, 2.45) is 0 Å². The lowest BCUT2D eigenvalue weighted by atomic mass is 10.1. The van der Waals surface area contributed by atoms with Gasteiger partial charge in [-0.1, -0.05) is 0 Å². The molecule has 1 aromatic rings. The molecule has 3 heteroatoms. The highest BCUT2D eigenvalue weighted by Crippen LogP contribution is 2.22. The molecule has 0 N–H and O–H groups in total. The maximum absolute atomic E-state index is 12.9. The molecule has 12 heavy (non-hydrogen) atoms. The molecule has 1 rings (SSSR count). The van der Waals surface area contributed by atoms with Crippen LogP contribution in [0.4, 0.5) is 4.39 Å². The lowest BCUT2D eigenvalue weighted by Gasteiger charge is -2.04. The van der Waals surface area contributed by atoms with E-state index >= 15 is 0 Å². The van der Waals surface area contributed by atoms with Crippen molar-refractivity contribution in [3.63, 3.8) is 0 Å². The summed E-state index contributed by atoms with van der Waals surface area (Å²) in [7, 11) is 1.45. The molecule has 0 aliphatic carbocycles. The third-order valence-corrected chi connectivity index (χ3v) is 1.69. The summed E-state index contributed by atoms with van der Waals surface area (Å²) in [5.41, 5.74) is 0.592. The van der Waals surface area contributed by atoms with Crippen molar-refractivity contribution in [2.45, 2.75) is 6.92 Å². The molecule has 0 radical (unpaired) electrons. The number of hydrogen-bond donors (Lipinski definition) is 0. The van der Waals surface area contributed by atoms with Gasteiger partial charge in [-0.2, -0.15) is 5.26 Å². The molecule has 0 heterocycles. The number of ether oxygens (including phenoxy) is 1. The number of halogens is 1. The Balaban J connectivity index is 3.38. The van der Waals surface area contributed by atoms with Crippen LogP contribution in [0, 0.1) is 24.1 Å². The van der Waals surface area contributed by atoms with Gasteiger partial charge >= 0.3 is 0 Å². The van der Waals surface area contributed by atoms with E-state index in [0.717, 1.165) is 0 Å². The van der Waals surface area contributed by atoms with E-state index in [-0.39, 0.29) is 11.4 Å². The molecule has 0 saturated heterocycles. The second-order valence-electron chi connectivity index (χ2n) is 2.36. The van der Waals surface area contributed by atoms with Crippen LogP contribution in [0.2, 0.25) is 0 Å². The van der Waals surface area contributed by atoms with Gasteiger partial charge in [0.05, 0.1) is 12.7 Å². The minimum absolute atomic E-state index is 0.262.